The van der Waals surface area contributed by atoms with Crippen LogP contribution in [-0.2, 0) is 11.3 Å². The molecule has 0 aliphatic rings. The van der Waals surface area contributed by atoms with Gasteiger partial charge in [-0.2, -0.15) is 0 Å². The van der Waals surface area contributed by atoms with Crippen molar-refractivity contribution in [1.29, 1.82) is 0 Å². The summed E-state index contributed by atoms with van der Waals surface area (Å²) in [6.45, 7) is 7.58. The molecule has 1 amide bonds. The van der Waals surface area contributed by atoms with Crippen LogP contribution < -0.4 is 10.5 Å². The lowest BCUT2D eigenvalue weighted by molar-refractivity contribution is -0.133. The van der Waals surface area contributed by atoms with Gasteiger partial charge in [-0.1, -0.05) is 32.9 Å². The molecule has 1 aromatic carbocycles. The van der Waals surface area contributed by atoms with Crippen molar-refractivity contribution in [3.63, 3.8) is 0 Å². The SMILES string of the molecule is CN(CC(C)(C)C)C(=O)COc1ccc(CN)cc1. The fourth-order valence-electron chi connectivity index (χ4n) is 1.78. The number of hydrogen-bond donors (Lipinski definition) is 1. The number of rotatable bonds is 5. The number of nitrogens with two attached hydrogens (primary N) is 1. The highest BCUT2D eigenvalue weighted by Crippen LogP contribution is 2.15. The molecule has 106 valence electrons. The number of carbonyl (C=O) groups is 1. The average molecular weight is 264 g/mol. The van der Waals surface area contributed by atoms with Gasteiger partial charge in [-0.15, -0.1) is 0 Å². The maximum Gasteiger partial charge on any atom is 0.260 e. The lowest BCUT2D eigenvalue weighted by Gasteiger charge is -2.26. The van der Waals surface area contributed by atoms with E-state index in [0.29, 0.717) is 18.8 Å². The van der Waals surface area contributed by atoms with E-state index in [1.165, 1.54) is 0 Å². The Morgan fingerprint density at radius 1 is 1.26 bits per heavy atom. The Morgan fingerprint density at radius 3 is 2.32 bits per heavy atom. The molecule has 4 heteroatoms. The zero-order valence-corrected chi connectivity index (χ0v) is 12.3. The maximum absolute atomic E-state index is 11.9. The van der Waals surface area contributed by atoms with Crippen LogP contribution in [0, 0.1) is 5.41 Å². The van der Waals surface area contributed by atoms with E-state index in [-0.39, 0.29) is 17.9 Å². The molecule has 0 unspecified atom stereocenters. The van der Waals surface area contributed by atoms with Gasteiger partial charge in [-0.3, -0.25) is 4.79 Å². The van der Waals surface area contributed by atoms with Gasteiger partial charge in [-0.25, -0.2) is 0 Å². The molecule has 1 rings (SSSR count). The molecule has 0 saturated heterocycles. The zero-order chi connectivity index (χ0) is 14.5. The maximum atomic E-state index is 11.9. The summed E-state index contributed by atoms with van der Waals surface area (Å²) >= 11 is 0. The summed E-state index contributed by atoms with van der Waals surface area (Å²) in [5.74, 6) is 0.674. The average Bonchev–Trinajstić information content (AvgIpc) is 2.34. The molecule has 0 heterocycles. The van der Waals surface area contributed by atoms with Gasteiger partial charge in [-0.05, 0) is 23.1 Å². The molecule has 0 aromatic heterocycles. The van der Waals surface area contributed by atoms with E-state index in [1.54, 1.807) is 11.9 Å². The summed E-state index contributed by atoms with van der Waals surface area (Å²) in [4.78, 5) is 13.6. The van der Waals surface area contributed by atoms with E-state index in [9.17, 15) is 4.79 Å². The first-order chi connectivity index (χ1) is 8.81. The van der Waals surface area contributed by atoms with Crippen molar-refractivity contribution < 1.29 is 9.53 Å². The zero-order valence-electron chi connectivity index (χ0n) is 12.3. The van der Waals surface area contributed by atoms with Crippen molar-refractivity contribution in [2.75, 3.05) is 20.2 Å². The van der Waals surface area contributed by atoms with E-state index in [2.05, 4.69) is 20.8 Å². The highest BCUT2D eigenvalue weighted by Gasteiger charge is 2.17. The van der Waals surface area contributed by atoms with Crippen molar-refractivity contribution in [3.05, 3.63) is 29.8 Å². The number of likely N-dealkylation sites (N-methyl/N-ethyl adjacent to an activating group) is 1. The summed E-state index contributed by atoms with van der Waals surface area (Å²) in [6, 6.07) is 7.47. The highest BCUT2D eigenvalue weighted by atomic mass is 16.5. The van der Waals surface area contributed by atoms with Crippen LogP contribution in [0.5, 0.6) is 5.75 Å². The van der Waals surface area contributed by atoms with E-state index in [4.69, 9.17) is 10.5 Å². The van der Waals surface area contributed by atoms with Gasteiger partial charge < -0.3 is 15.4 Å². The number of amides is 1. The Balaban J connectivity index is 2.45. The second kappa shape index (κ2) is 6.57. The molecule has 0 saturated carbocycles. The monoisotopic (exact) mass is 264 g/mol. The van der Waals surface area contributed by atoms with Gasteiger partial charge in [0.05, 0.1) is 0 Å². The molecular weight excluding hydrogens is 240 g/mol. The van der Waals surface area contributed by atoms with E-state index in [0.717, 1.165) is 5.56 Å². The second-order valence-corrected chi connectivity index (χ2v) is 5.95. The predicted octanol–water partition coefficient (Wildman–Crippen LogP) is 2.03. The van der Waals surface area contributed by atoms with E-state index >= 15 is 0 Å². The number of benzene rings is 1. The Kier molecular flexibility index (Phi) is 5.36. The highest BCUT2D eigenvalue weighted by molar-refractivity contribution is 5.77. The van der Waals surface area contributed by atoms with Crippen molar-refractivity contribution in [2.45, 2.75) is 27.3 Å². The fraction of sp³-hybridized carbons (Fsp3) is 0.533. The normalized spacial score (nSPS) is 11.2. The first-order valence-electron chi connectivity index (χ1n) is 6.47. The molecular formula is C15H24N2O2. The third kappa shape index (κ3) is 5.75. The molecule has 0 fully saturated rings. The summed E-state index contributed by atoms with van der Waals surface area (Å²) in [6.07, 6.45) is 0. The minimum Gasteiger partial charge on any atom is -0.484 e. The van der Waals surface area contributed by atoms with Crippen LogP contribution in [0.4, 0.5) is 0 Å². The van der Waals surface area contributed by atoms with Crippen molar-refractivity contribution in [3.8, 4) is 5.75 Å². The third-order valence-corrected chi connectivity index (χ3v) is 2.66. The van der Waals surface area contributed by atoms with Crippen molar-refractivity contribution in [1.82, 2.24) is 4.90 Å². The number of ether oxygens (including phenoxy) is 1. The topological polar surface area (TPSA) is 55.6 Å². The van der Waals surface area contributed by atoms with E-state index in [1.807, 2.05) is 24.3 Å². The third-order valence-electron chi connectivity index (χ3n) is 2.66. The molecule has 4 nitrogen and oxygen atoms in total. The molecule has 0 atom stereocenters. The number of carbonyl (C=O) groups excluding carboxylic acids is 1. The van der Waals surface area contributed by atoms with Crippen molar-refractivity contribution in [2.24, 2.45) is 11.1 Å². The summed E-state index contributed by atoms with van der Waals surface area (Å²) in [5.41, 5.74) is 6.65. The van der Waals surface area contributed by atoms with Crippen LogP contribution in [0.1, 0.15) is 26.3 Å². The van der Waals surface area contributed by atoms with Crippen LogP contribution in [-0.4, -0.2) is 31.0 Å². The summed E-state index contributed by atoms with van der Waals surface area (Å²) in [5, 5.41) is 0. The van der Waals surface area contributed by atoms with Crippen molar-refractivity contribution >= 4 is 5.91 Å². The summed E-state index contributed by atoms with van der Waals surface area (Å²) < 4.78 is 5.47. The van der Waals surface area contributed by atoms with Gasteiger partial charge in [0.25, 0.3) is 5.91 Å². The minimum atomic E-state index is -0.0159. The first-order valence-corrected chi connectivity index (χ1v) is 6.47. The quantitative estimate of drug-likeness (QED) is 0.885. The van der Waals surface area contributed by atoms with Gasteiger partial charge in [0.2, 0.25) is 0 Å². The Hall–Kier alpha value is -1.55. The van der Waals surface area contributed by atoms with Gasteiger partial charge in [0.15, 0.2) is 6.61 Å². The Morgan fingerprint density at radius 2 is 1.84 bits per heavy atom. The van der Waals surface area contributed by atoms with Crippen LogP contribution >= 0.6 is 0 Å². The van der Waals surface area contributed by atoms with E-state index < -0.39 is 0 Å². The molecule has 19 heavy (non-hydrogen) atoms. The molecule has 0 spiro atoms. The Labute approximate surface area is 115 Å². The molecule has 2 N–H and O–H groups in total. The van der Waals surface area contributed by atoms with Gasteiger partial charge in [0.1, 0.15) is 5.75 Å². The first kappa shape index (κ1) is 15.5. The largest absolute Gasteiger partial charge is 0.484 e. The molecule has 0 aliphatic heterocycles. The molecule has 0 bridgehead atoms. The number of nitrogens with zero attached hydrogens (tertiary/aromatic N) is 1. The van der Waals surface area contributed by atoms with Gasteiger partial charge in [0, 0.05) is 20.1 Å². The second-order valence-electron chi connectivity index (χ2n) is 5.95. The lowest BCUT2D eigenvalue weighted by Crippen LogP contribution is -2.37. The minimum absolute atomic E-state index is 0.0159. The molecule has 1 aromatic rings. The predicted molar refractivity (Wildman–Crippen MR) is 76.9 cm³/mol. The standard InChI is InChI=1S/C15H24N2O2/c1-15(2,3)11-17(4)14(18)10-19-13-7-5-12(9-16)6-8-13/h5-8H,9-11,16H2,1-4H3. The fourth-order valence-corrected chi connectivity index (χ4v) is 1.78. The Bertz CT molecular complexity index is 407. The molecule has 0 aliphatic carbocycles. The smallest absolute Gasteiger partial charge is 0.260 e. The van der Waals surface area contributed by atoms with Crippen LogP contribution in [0.3, 0.4) is 0 Å². The van der Waals surface area contributed by atoms with Crippen LogP contribution in [0.2, 0.25) is 0 Å². The lowest BCUT2D eigenvalue weighted by atomic mass is 9.96. The van der Waals surface area contributed by atoms with Gasteiger partial charge >= 0.3 is 0 Å². The number of hydrogen-bond acceptors (Lipinski definition) is 3. The van der Waals surface area contributed by atoms with Crippen LogP contribution in [0.15, 0.2) is 24.3 Å². The van der Waals surface area contributed by atoms with Crippen LogP contribution in [0.25, 0.3) is 0 Å². The summed E-state index contributed by atoms with van der Waals surface area (Å²) in [7, 11) is 1.80. The molecule has 0 radical (unpaired) electrons.